The van der Waals surface area contributed by atoms with E-state index in [-0.39, 0.29) is 18.2 Å². The summed E-state index contributed by atoms with van der Waals surface area (Å²) < 4.78 is 6.23. The van der Waals surface area contributed by atoms with Crippen LogP contribution in [0.3, 0.4) is 0 Å². The largest absolute Gasteiger partial charge is 0.495 e. The monoisotopic (exact) mass is 401 g/mol. The van der Waals surface area contributed by atoms with Gasteiger partial charge >= 0.3 is 0 Å². The van der Waals surface area contributed by atoms with Crippen LogP contribution in [0.25, 0.3) is 10.2 Å². The van der Waals surface area contributed by atoms with Gasteiger partial charge in [-0.3, -0.25) is 9.59 Å². The van der Waals surface area contributed by atoms with Crippen molar-refractivity contribution >= 4 is 55.8 Å². The number of benzene rings is 2. The quantitative estimate of drug-likeness (QED) is 0.718. The first-order chi connectivity index (χ1) is 13.0. The van der Waals surface area contributed by atoms with Gasteiger partial charge in [0.2, 0.25) is 11.8 Å². The van der Waals surface area contributed by atoms with Crippen LogP contribution >= 0.6 is 22.9 Å². The predicted molar refractivity (Wildman–Crippen MR) is 107 cm³/mol. The van der Waals surface area contributed by atoms with Crippen LogP contribution in [0.4, 0.5) is 10.8 Å². The van der Waals surface area contributed by atoms with Gasteiger partial charge in [0.15, 0.2) is 5.13 Å². The smallest absolute Gasteiger partial charge is 0.231 e. The Morgan fingerprint density at radius 1 is 1.33 bits per heavy atom. The molecular weight excluding hydrogens is 386 g/mol. The van der Waals surface area contributed by atoms with E-state index in [4.69, 9.17) is 16.3 Å². The Morgan fingerprint density at radius 2 is 2.15 bits per heavy atom. The van der Waals surface area contributed by atoms with Crippen molar-refractivity contribution < 1.29 is 14.3 Å². The van der Waals surface area contributed by atoms with E-state index >= 15 is 0 Å². The molecular formula is C19H16ClN3O3S. The molecule has 8 heteroatoms. The van der Waals surface area contributed by atoms with Crippen LogP contribution in [0.5, 0.6) is 5.75 Å². The molecule has 27 heavy (non-hydrogen) atoms. The molecule has 1 aliphatic heterocycles. The zero-order chi connectivity index (χ0) is 19.0. The van der Waals surface area contributed by atoms with Gasteiger partial charge in [-0.2, -0.15) is 0 Å². The van der Waals surface area contributed by atoms with Crippen LogP contribution in [0.1, 0.15) is 6.42 Å². The highest BCUT2D eigenvalue weighted by Crippen LogP contribution is 2.34. The molecule has 1 unspecified atom stereocenters. The third-order valence-electron chi connectivity index (χ3n) is 4.45. The maximum Gasteiger partial charge on any atom is 0.231 e. The molecule has 2 amide bonds. The van der Waals surface area contributed by atoms with Gasteiger partial charge in [0, 0.05) is 18.0 Å². The van der Waals surface area contributed by atoms with Gasteiger partial charge in [0.05, 0.1) is 28.9 Å². The van der Waals surface area contributed by atoms with E-state index < -0.39 is 5.92 Å². The van der Waals surface area contributed by atoms with Gasteiger partial charge < -0.3 is 15.0 Å². The second kappa shape index (κ2) is 7.17. The standard InChI is InChI=1S/C19H16ClN3O3S/c1-26-15-5-3-2-4-14(15)23-10-11(8-17(23)24)18(25)22-19-21-13-7-6-12(20)9-16(13)27-19/h2-7,9,11H,8,10H2,1H3,(H,21,22,25). The second-order valence-corrected chi connectivity index (χ2v) is 7.66. The summed E-state index contributed by atoms with van der Waals surface area (Å²) in [6.07, 6.45) is 0.153. The van der Waals surface area contributed by atoms with E-state index in [0.29, 0.717) is 28.1 Å². The molecule has 4 rings (SSSR count). The number of hydrogen-bond acceptors (Lipinski definition) is 5. The van der Waals surface area contributed by atoms with E-state index in [1.54, 1.807) is 24.1 Å². The lowest BCUT2D eigenvalue weighted by molar-refractivity contribution is -0.122. The van der Waals surface area contributed by atoms with E-state index in [0.717, 1.165) is 10.2 Å². The number of ether oxygens (including phenoxy) is 1. The number of carbonyl (C=O) groups is 2. The van der Waals surface area contributed by atoms with E-state index in [2.05, 4.69) is 10.3 Å². The summed E-state index contributed by atoms with van der Waals surface area (Å²) in [4.78, 5) is 31.1. The zero-order valence-electron chi connectivity index (χ0n) is 14.4. The van der Waals surface area contributed by atoms with Crippen LogP contribution in [-0.4, -0.2) is 30.5 Å². The van der Waals surface area contributed by atoms with Crippen molar-refractivity contribution in [2.75, 3.05) is 23.9 Å². The average molecular weight is 402 g/mol. The molecule has 0 aliphatic carbocycles. The first-order valence-electron chi connectivity index (χ1n) is 8.35. The van der Waals surface area contributed by atoms with Crippen LogP contribution in [0, 0.1) is 5.92 Å². The molecule has 2 heterocycles. The highest BCUT2D eigenvalue weighted by atomic mass is 35.5. The van der Waals surface area contributed by atoms with Crippen molar-refractivity contribution in [3.63, 3.8) is 0 Å². The van der Waals surface area contributed by atoms with Gasteiger partial charge in [-0.05, 0) is 30.3 Å². The molecule has 1 N–H and O–H groups in total. The normalized spacial score (nSPS) is 16.7. The molecule has 1 atom stereocenters. The minimum absolute atomic E-state index is 0.101. The maximum atomic E-state index is 12.7. The lowest BCUT2D eigenvalue weighted by atomic mass is 10.1. The SMILES string of the molecule is COc1ccccc1N1CC(C(=O)Nc2nc3ccc(Cl)cc3s2)CC1=O. The highest BCUT2D eigenvalue weighted by Gasteiger charge is 2.36. The summed E-state index contributed by atoms with van der Waals surface area (Å²) >= 11 is 7.35. The fourth-order valence-electron chi connectivity index (χ4n) is 3.13. The molecule has 1 saturated heterocycles. The number of nitrogens with zero attached hydrogens (tertiary/aromatic N) is 2. The topological polar surface area (TPSA) is 71.5 Å². The van der Waals surface area contributed by atoms with Crippen LogP contribution in [0.2, 0.25) is 5.02 Å². The lowest BCUT2D eigenvalue weighted by Crippen LogP contribution is -2.28. The van der Waals surface area contributed by atoms with Gasteiger partial charge in [0.1, 0.15) is 5.75 Å². The molecule has 138 valence electrons. The van der Waals surface area contributed by atoms with Crippen molar-refractivity contribution in [3.05, 3.63) is 47.5 Å². The molecule has 0 spiro atoms. The number of thiazole rings is 1. The minimum Gasteiger partial charge on any atom is -0.495 e. The molecule has 1 fully saturated rings. The Bertz CT molecular complexity index is 1040. The van der Waals surface area contributed by atoms with Crippen molar-refractivity contribution in [2.24, 2.45) is 5.92 Å². The molecule has 6 nitrogen and oxygen atoms in total. The van der Waals surface area contributed by atoms with Crippen molar-refractivity contribution in [3.8, 4) is 5.75 Å². The zero-order valence-corrected chi connectivity index (χ0v) is 16.0. The Kier molecular flexibility index (Phi) is 4.72. The molecule has 0 saturated carbocycles. The highest BCUT2D eigenvalue weighted by molar-refractivity contribution is 7.22. The Balaban J connectivity index is 1.50. The van der Waals surface area contributed by atoms with Crippen molar-refractivity contribution in [1.82, 2.24) is 4.98 Å². The summed E-state index contributed by atoms with van der Waals surface area (Å²) in [6.45, 7) is 0.307. The van der Waals surface area contributed by atoms with Gasteiger partial charge in [-0.1, -0.05) is 35.1 Å². The third kappa shape index (κ3) is 3.48. The van der Waals surface area contributed by atoms with Gasteiger partial charge in [-0.25, -0.2) is 4.98 Å². The third-order valence-corrected chi connectivity index (χ3v) is 5.62. The summed E-state index contributed by atoms with van der Waals surface area (Å²) in [5.74, 6) is -0.158. The molecule has 0 bridgehead atoms. The predicted octanol–water partition coefficient (Wildman–Crippen LogP) is 3.95. The molecule has 2 aromatic carbocycles. The first-order valence-corrected chi connectivity index (χ1v) is 9.55. The summed E-state index contributed by atoms with van der Waals surface area (Å²) in [7, 11) is 1.56. The molecule has 1 aromatic heterocycles. The maximum absolute atomic E-state index is 12.7. The van der Waals surface area contributed by atoms with E-state index in [1.165, 1.54) is 11.3 Å². The first kappa shape index (κ1) is 17.8. The number of aromatic nitrogens is 1. The number of nitrogens with one attached hydrogen (secondary N) is 1. The summed E-state index contributed by atoms with van der Waals surface area (Å²) in [5, 5.41) is 3.95. The summed E-state index contributed by atoms with van der Waals surface area (Å²) in [6, 6.07) is 12.7. The second-order valence-electron chi connectivity index (χ2n) is 6.20. The average Bonchev–Trinajstić information content (AvgIpc) is 3.24. The number of amides is 2. The number of anilines is 2. The number of fused-ring (bicyclic) bond motifs is 1. The van der Waals surface area contributed by atoms with Crippen molar-refractivity contribution in [2.45, 2.75) is 6.42 Å². The fraction of sp³-hybridized carbons (Fsp3) is 0.211. The van der Waals surface area contributed by atoms with Gasteiger partial charge in [0.25, 0.3) is 0 Å². The Morgan fingerprint density at radius 3 is 2.96 bits per heavy atom. The number of para-hydroxylation sites is 2. The number of hydrogen-bond donors (Lipinski definition) is 1. The Labute approximate surface area is 164 Å². The van der Waals surface area contributed by atoms with Crippen LogP contribution in [-0.2, 0) is 9.59 Å². The van der Waals surface area contributed by atoms with Crippen LogP contribution in [0.15, 0.2) is 42.5 Å². The fourth-order valence-corrected chi connectivity index (χ4v) is 4.27. The van der Waals surface area contributed by atoms with E-state index in [1.807, 2.05) is 30.3 Å². The summed E-state index contributed by atoms with van der Waals surface area (Å²) in [5.41, 5.74) is 1.45. The molecule has 3 aromatic rings. The van der Waals surface area contributed by atoms with E-state index in [9.17, 15) is 9.59 Å². The van der Waals surface area contributed by atoms with Crippen LogP contribution < -0.4 is 15.0 Å². The number of methoxy groups -OCH3 is 1. The van der Waals surface area contributed by atoms with Gasteiger partial charge in [-0.15, -0.1) is 0 Å². The molecule has 1 aliphatic rings. The number of halogens is 1. The Hall–Kier alpha value is -2.64. The molecule has 0 radical (unpaired) electrons. The lowest BCUT2D eigenvalue weighted by Gasteiger charge is -2.19. The minimum atomic E-state index is -0.446. The number of rotatable bonds is 4. The number of carbonyl (C=O) groups excluding carboxylic acids is 2. The van der Waals surface area contributed by atoms with Crippen molar-refractivity contribution in [1.29, 1.82) is 0 Å².